The zero-order valence-corrected chi connectivity index (χ0v) is 9.92. The van der Waals surface area contributed by atoms with Crippen LogP contribution in [0, 0.1) is 12.8 Å². The molecule has 0 fully saturated rings. The minimum Gasteiger partial charge on any atom is -0.494 e. The summed E-state index contributed by atoms with van der Waals surface area (Å²) < 4.78 is 5.65. The van der Waals surface area contributed by atoms with Gasteiger partial charge in [0.05, 0.1) is 6.61 Å². The average Bonchev–Trinajstić information content (AvgIpc) is 2.21. The first-order chi connectivity index (χ1) is 7.22. The van der Waals surface area contributed by atoms with Crippen molar-refractivity contribution in [1.29, 1.82) is 0 Å². The highest BCUT2D eigenvalue weighted by molar-refractivity contribution is 5.26. The van der Waals surface area contributed by atoms with Crippen molar-refractivity contribution in [2.75, 3.05) is 20.2 Å². The van der Waals surface area contributed by atoms with Crippen LogP contribution in [0.3, 0.4) is 0 Å². The van der Waals surface area contributed by atoms with Crippen LogP contribution in [-0.2, 0) is 0 Å². The van der Waals surface area contributed by atoms with Crippen molar-refractivity contribution < 1.29 is 4.74 Å². The zero-order valence-electron chi connectivity index (χ0n) is 9.92. The largest absolute Gasteiger partial charge is 0.494 e. The highest BCUT2D eigenvalue weighted by Gasteiger charge is 2.00. The molecule has 0 radical (unpaired) electrons. The lowest BCUT2D eigenvalue weighted by molar-refractivity contribution is 0.282. The molecule has 1 unspecified atom stereocenters. The minimum absolute atomic E-state index is 0.667. The molecule has 1 atom stereocenters. The summed E-state index contributed by atoms with van der Waals surface area (Å²) in [6.45, 7) is 6.16. The number of rotatable bonds is 6. The van der Waals surface area contributed by atoms with Crippen LogP contribution in [0.25, 0.3) is 0 Å². The number of hydrogen-bond donors (Lipinski definition) is 1. The van der Waals surface area contributed by atoms with Gasteiger partial charge < -0.3 is 10.1 Å². The van der Waals surface area contributed by atoms with Gasteiger partial charge in [-0.1, -0.05) is 24.6 Å². The van der Waals surface area contributed by atoms with E-state index in [1.165, 1.54) is 5.56 Å². The molecule has 0 heterocycles. The Hall–Kier alpha value is -1.02. The van der Waals surface area contributed by atoms with Gasteiger partial charge in [0, 0.05) is 0 Å². The van der Waals surface area contributed by atoms with E-state index in [2.05, 4.69) is 31.3 Å². The monoisotopic (exact) mass is 207 g/mol. The van der Waals surface area contributed by atoms with Crippen LogP contribution in [0.15, 0.2) is 24.3 Å². The normalized spacial score (nSPS) is 12.5. The van der Waals surface area contributed by atoms with Gasteiger partial charge in [0.2, 0.25) is 0 Å². The van der Waals surface area contributed by atoms with Crippen molar-refractivity contribution in [1.82, 2.24) is 5.32 Å². The third-order valence-corrected chi connectivity index (χ3v) is 2.45. The van der Waals surface area contributed by atoms with Gasteiger partial charge in [-0.2, -0.15) is 0 Å². The molecule has 0 aliphatic rings. The molecule has 0 bridgehead atoms. The molecule has 1 aromatic carbocycles. The van der Waals surface area contributed by atoms with E-state index in [0.717, 1.165) is 25.3 Å². The van der Waals surface area contributed by atoms with E-state index in [1.807, 2.05) is 19.2 Å². The molecule has 0 aliphatic carbocycles. The van der Waals surface area contributed by atoms with Gasteiger partial charge in [-0.15, -0.1) is 0 Å². The summed E-state index contributed by atoms with van der Waals surface area (Å²) >= 11 is 0. The lowest BCUT2D eigenvalue weighted by atomic mass is 10.1. The molecular weight excluding hydrogens is 186 g/mol. The van der Waals surface area contributed by atoms with Gasteiger partial charge in [0.1, 0.15) is 5.75 Å². The molecule has 1 aromatic rings. The molecule has 2 heteroatoms. The van der Waals surface area contributed by atoms with E-state index in [1.54, 1.807) is 0 Å². The van der Waals surface area contributed by atoms with Gasteiger partial charge in [-0.05, 0) is 45.0 Å². The van der Waals surface area contributed by atoms with Crippen LogP contribution in [0.2, 0.25) is 0 Å². The second-order valence-corrected chi connectivity index (χ2v) is 4.11. The predicted octanol–water partition coefficient (Wildman–Crippen LogP) is 2.62. The Labute approximate surface area is 92.6 Å². The fraction of sp³-hybridized carbons (Fsp3) is 0.538. The van der Waals surface area contributed by atoms with E-state index in [0.29, 0.717) is 5.92 Å². The van der Waals surface area contributed by atoms with E-state index >= 15 is 0 Å². The van der Waals surface area contributed by atoms with Crippen LogP contribution in [0.5, 0.6) is 5.75 Å². The summed E-state index contributed by atoms with van der Waals surface area (Å²) in [4.78, 5) is 0. The molecule has 0 saturated heterocycles. The number of hydrogen-bond acceptors (Lipinski definition) is 2. The first kappa shape index (κ1) is 12.1. The highest BCUT2D eigenvalue weighted by atomic mass is 16.5. The Morgan fingerprint density at radius 2 is 1.93 bits per heavy atom. The molecule has 0 spiro atoms. The SMILES string of the molecule is CNCC(C)CCOc1ccc(C)cc1. The Balaban J connectivity index is 2.22. The van der Waals surface area contributed by atoms with Gasteiger partial charge in [0.25, 0.3) is 0 Å². The fourth-order valence-electron chi connectivity index (χ4n) is 1.46. The first-order valence-electron chi connectivity index (χ1n) is 5.56. The van der Waals surface area contributed by atoms with Crippen molar-refractivity contribution >= 4 is 0 Å². The second-order valence-electron chi connectivity index (χ2n) is 4.11. The minimum atomic E-state index is 0.667. The van der Waals surface area contributed by atoms with Gasteiger partial charge in [0.15, 0.2) is 0 Å². The first-order valence-corrected chi connectivity index (χ1v) is 5.56. The van der Waals surface area contributed by atoms with Crippen LogP contribution in [0.1, 0.15) is 18.9 Å². The van der Waals surface area contributed by atoms with E-state index in [9.17, 15) is 0 Å². The van der Waals surface area contributed by atoms with Crippen molar-refractivity contribution in [3.05, 3.63) is 29.8 Å². The summed E-state index contributed by atoms with van der Waals surface area (Å²) in [5, 5.41) is 3.17. The van der Waals surface area contributed by atoms with Crippen molar-refractivity contribution in [2.45, 2.75) is 20.3 Å². The molecule has 1 N–H and O–H groups in total. The van der Waals surface area contributed by atoms with Crippen LogP contribution in [-0.4, -0.2) is 20.2 Å². The van der Waals surface area contributed by atoms with E-state index < -0.39 is 0 Å². The van der Waals surface area contributed by atoms with Gasteiger partial charge in [-0.25, -0.2) is 0 Å². The van der Waals surface area contributed by atoms with Crippen LogP contribution < -0.4 is 10.1 Å². The lowest BCUT2D eigenvalue weighted by Crippen LogP contribution is -2.18. The second kappa shape index (κ2) is 6.46. The molecule has 1 rings (SSSR count). The van der Waals surface area contributed by atoms with E-state index in [4.69, 9.17) is 4.74 Å². The standard InChI is InChI=1S/C13H21NO/c1-11-4-6-13(7-5-11)15-9-8-12(2)10-14-3/h4-7,12,14H,8-10H2,1-3H3. The Morgan fingerprint density at radius 1 is 1.27 bits per heavy atom. The number of aryl methyl sites for hydroxylation is 1. The Bertz CT molecular complexity index is 268. The molecule has 0 saturated carbocycles. The molecule has 0 aromatic heterocycles. The summed E-state index contributed by atoms with van der Waals surface area (Å²) in [5.74, 6) is 1.64. The van der Waals surface area contributed by atoms with Crippen molar-refractivity contribution in [3.8, 4) is 5.75 Å². The predicted molar refractivity (Wildman–Crippen MR) is 64.4 cm³/mol. The molecule has 0 amide bonds. The quantitative estimate of drug-likeness (QED) is 0.774. The number of nitrogens with one attached hydrogen (secondary N) is 1. The molecule has 84 valence electrons. The topological polar surface area (TPSA) is 21.3 Å². The maximum Gasteiger partial charge on any atom is 0.119 e. The summed E-state index contributed by atoms with van der Waals surface area (Å²) in [7, 11) is 1.98. The van der Waals surface area contributed by atoms with Crippen LogP contribution in [0.4, 0.5) is 0 Å². The smallest absolute Gasteiger partial charge is 0.119 e. The lowest BCUT2D eigenvalue weighted by Gasteiger charge is -2.11. The summed E-state index contributed by atoms with van der Waals surface area (Å²) in [6.07, 6.45) is 1.09. The van der Waals surface area contributed by atoms with Gasteiger partial charge >= 0.3 is 0 Å². The maximum atomic E-state index is 5.65. The average molecular weight is 207 g/mol. The maximum absolute atomic E-state index is 5.65. The molecule has 15 heavy (non-hydrogen) atoms. The Morgan fingerprint density at radius 3 is 2.53 bits per heavy atom. The fourth-order valence-corrected chi connectivity index (χ4v) is 1.46. The molecule has 0 aliphatic heterocycles. The molecule has 2 nitrogen and oxygen atoms in total. The third-order valence-electron chi connectivity index (χ3n) is 2.45. The highest BCUT2D eigenvalue weighted by Crippen LogP contribution is 2.12. The summed E-state index contributed by atoms with van der Waals surface area (Å²) in [5.41, 5.74) is 1.27. The van der Waals surface area contributed by atoms with Crippen molar-refractivity contribution in [3.63, 3.8) is 0 Å². The third kappa shape index (κ3) is 4.84. The zero-order chi connectivity index (χ0) is 11.1. The number of ether oxygens (including phenoxy) is 1. The Kier molecular flexibility index (Phi) is 5.19. The van der Waals surface area contributed by atoms with Crippen molar-refractivity contribution in [2.24, 2.45) is 5.92 Å². The van der Waals surface area contributed by atoms with Crippen LogP contribution >= 0.6 is 0 Å². The van der Waals surface area contributed by atoms with E-state index in [-0.39, 0.29) is 0 Å². The number of benzene rings is 1. The molecular formula is C13H21NO. The summed E-state index contributed by atoms with van der Waals surface area (Å²) in [6, 6.07) is 8.20. The van der Waals surface area contributed by atoms with Gasteiger partial charge in [-0.3, -0.25) is 0 Å².